The van der Waals surface area contributed by atoms with Crippen LogP contribution in [0.4, 0.5) is 0 Å². The molecule has 0 fully saturated rings. The van der Waals surface area contributed by atoms with Crippen LogP contribution in [0, 0.1) is 25.2 Å². The Morgan fingerprint density at radius 1 is 1.04 bits per heavy atom. The molecule has 0 saturated heterocycles. The lowest BCUT2D eigenvalue weighted by Crippen LogP contribution is -2.10. The van der Waals surface area contributed by atoms with Crippen LogP contribution >= 0.6 is 0 Å². The minimum atomic E-state index is -0.489. The third-order valence-electron chi connectivity index (χ3n) is 3.65. The molecule has 3 aromatic rings. The quantitative estimate of drug-likeness (QED) is 0.538. The number of hydrogen-bond acceptors (Lipinski definition) is 5. The largest absolute Gasteiger partial charge is 0.423 e. The number of aromatic nitrogens is 1. The van der Waals surface area contributed by atoms with Gasteiger partial charge in [0, 0.05) is 0 Å². The molecule has 24 heavy (non-hydrogen) atoms. The molecular weight excluding hydrogens is 304 g/mol. The van der Waals surface area contributed by atoms with Gasteiger partial charge in [-0.1, -0.05) is 29.4 Å². The van der Waals surface area contributed by atoms with Crippen molar-refractivity contribution >= 4 is 5.97 Å². The zero-order valence-electron chi connectivity index (χ0n) is 13.2. The van der Waals surface area contributed by atoms with Gasteiger partial charge in [0.05, 0.1) is 17.3 Å². The molecule has 5 nitrogen and oxygen atoms in total. The van der Waals surface area contributed by atoms with Gasteiger partial charge in [-0.3, -0.25) is 0 Å². The number of carbonyl (C=O) groups is 1. The summed E-state index contributed by atoms with van der Waals surface area (Å²) in [6.07, 6.45) is 0. The molecule has 3 rings (SSSR count). The minimum absolute atomic E-state index is 0.353. The van der Waals surface area contributed by atoms with E-state index in [1.54, 1.807) is 38.1 Å². The molecular formula is C19H14N2O3. The Bertz CT molecular complexity index is 897. The highest BCUT2D eigenvalue weighted by Crippen LogP contribution is 2.24. The third-order valence-corrected chi connectivity index (χ3v) is 3.65. The van der Waals surface area contributed by atoms with Gasteiger partial charge >= 0.3 is 5.97 Å². The van der Waals surface area contributed by atoms with Gasteiger partial charge in [-0.2, -0.15) is 5.26 Å². The van der Waals surface area contributed by atoms with Crippen molar-refractivity contribution in [2.75, 3.05) is 0 Å². The first-order valence-electron chi connectivity index (χ1n) is 7.34. The fraction of sp³-hybridized carbons (Fsp3) is 0.105. The molecule has 118 valence electrons. The highest BCUT2D eigenvalue weighted by atomic mass is 16.5. The molecule has 1 heterocycles. The number of rotatable bonds is 3. The number of ether oxygens (including phenoxy) is 1. The number of aryl methyl sites for hydroxylation is 2. The predicted octanol–water partition coefficient (Wildman–Crippen LogP) is 4.05. The second-order valence-electron chi connectivity index (χ2n) is 5.30. The van der Waals surface area contributed by atoms with E-state index in [1.807, 2.05) is 24.3 Å². The Labute approximate surface area is 139 Å². The Balaban J connectivity index is 1.77. The number of carbonyl (C=O) groups excluding carboxylic acids is 1. The van der Waals surface area contributed by atoms with E-state index >= 15 is 0 Å². The predicted molar refractivity (Wildman–Crippen MR) is 87.5 cm³/mol. The summed E-state index contributed by atoms with van der Waals surface area (Å²) < 4.78 is 10.3. The average Bonchev–Trinajstić information content (AvgIpc) is 2.94. The minimum Gasteiger partial charge on any atom is -0.423 e. The summed E-state index contributed by atoms with van der Waals surface area (Å²) in [5.74, 6) is 0.390. The molecule has 0 N–H and O–H groups in total. The summed E-state index contributed by atoms with van der Waals surface area (Å²) in [4.78, 5) is 12.2. The third kappa shape index (κ3) is 3.03. The van der Waals surface area contributed by atoms with E-state index < -0.39 is 5.97 Å². The summed E-state index contributed by atoms with van der Waals surface area (Å²) in [5.41, 5.74) is 3.43. The SMILES string of the molecule is Cc1noc(C)c1C(=O)Oc1ccc(-c2ccc(C#N)cc2)cc1. The standard InChI is InChI=1S/C19H14N2O3/c1-12-18(13(2)24-21-12)19(22)23-17-9-7-16(8-10-17)15-5-3-14(11-20)4-6-15/h3-10H,1-2H3. The maximum atomic E-state index is 12.2. The van der Waals surface area contributed by atoms with Gasteiger partial charge < -0.3 is 9.26 Å². The molecule has 5 heteroatoms. The first-order chi connectivity index (χ1) is 11.6. The molecule has 0 atom stereocenters. The lowest BCUT2D eigenvalue weighted by atomic mass is 10.0. The number of benzene rings is 2. The summed E-state index contributed by atoms with van der Waals surface area (Å²) in [6, 6.07) is 16.5. The van der Waals surface area contributed by atoms with Crippen molar-refractivity contribution in [3.05, 3.63) is 71.1 Å². The first-order valence-corrected chi connectivity index (χ1v) is 7.34. The van der Waals surface area contributed by atoms with Crippen molar-refractivity contribution in [1.82, 2.24) is 5.16 Å². The van der Waals surface area contributed by atoms with E-state index in [2.05, 4.69) is 11.2 Å². The Morgan fingerprint density at radius 2 is 1.62 bits per heavy atom. The van der Waals surface area contributed by atoms with Gasteiger partial charge in [-0.25, -0.2) is 4.79 Å². The van der Waals surface area contributed by atoms with E-state index in [-0.39, 0.29) is 0 Å². The Morgan fingerprint density at radius 3 is 2.12 bits per heavy atom. The fourth-order valence-electron chi connectivity index (χ4n) is 2.39. The van der Waals surface area contributed by atoms with E-state index in [1.165, 1.54) is 0 Å². The van der Waals surface area contributed by atoms with Crippen LogP contribution in [-0.2, 0) is 0 Å². The van der Waals surface area contributed by atoms with Crippen LogP contribution in [0.15, 0.2) is 53.1 Å². The summed E-state index contributed by atoms with van der Waals surface area (Å²) in [5, 5.41) is 12.6. The van der Waals surface area contributed by atoms with E-state index in [9.17, 15) is 4.79 Å². The van der Waals surface area contributed by atoms with Gasteiger partial charge in [0.1, 0.15) is 17.1 Å². The molecule has 2 aromatic carbocycles. The van der Waals surface area contributed by atoms with Crippen LogP contribution < -0.4 is 4.74 Å². The van der Waals surface area contributed by atoms with Crippen molar-refractivity contribution in [3.63, 3.8) is 0 Å². The van der Waals surface area contributed by atoms with Crippen LogP contribution in [-0.4, -0.2) is 11.1 Å². The van der Waals surface area contributed by atoms with Crippen molar-refractivity contribution < 1.29 is 14.1 Å². The highest BCUT2D eigenvalue weighted by Gasteiger charge is 2.19. The van der Waals surface area contributed by atoms with Crippen molar-refractivity contribution in [2.24, 2.45) is 0 Å². The topological polar surface area (TPSA) is 76.1 Å². The summed E-state index contributed by atoms with van der Waals surface area (Å²) >= 11 is 0. The molecule has 0 saturated carbocycles. The van der Waals surface area contributed by atoms with Crippen molar-refractivity contribution in [1.29, 1.82) is 5.26 Å². The van der Waals surface area contributed by atoms with E-state index in [0.29, 0.717) is 28.3 Å². The van der Waals surface area contributed by atoms with Gasteiger partial charge in [0.2, 0.25) is 0 Å². The Kier molecular flexibility index (Phi) is 4.13. The van der Waals surface area contributed by atoms with Crippen LogP contribution in [0.3, 0.4) is 0 Å². The average molecular weight is 318 g/mol. The Hall–Kier alpha value is -3.39. The number of esters is 1. The van der Waals surface area contributed by atoms with Gasteiger partial charge in [0.15, 0.2) is 0 Å². The second-order valence-corrected chi connectivity index (χ2v) is 5.30. The molecule has 0 aliphatic heterocycles. The number of nitriles is 1. The zero-order chi connectivity index (χ0) is 17.1. The van der Waals surface area contributed by atoms with Crippen molar-refractivity contribution in [2.45, 2.75) is 13.8 Å². The maximum Gasteiger partial charge on any atom is 0.349 e. The molecule has 0 spiro atoms. The van der Waals surface area contributed by atoms with Crippen LogP contribution in [0.2, 0.25) is 0 Å². The van der Waals surface area contributed by atoms with E-state index in [0.717, 1.165) is 11.1 Å². The second kappa shape index (κ2) is 6.39. The van der Waals surface area contributed by atoms with Crippen molar-refractivity contribution in [3.8, 4) is 22.9 Å². The zero-order valence-corrected chi connectivity index (χ0v) is 13.2. The van der Waals surface area contributed by atoms with E-state index in [4.69, 9.17) is 14.5 Å². The van der Waals surface area contributed by atoms with Crippen LogP contribution in [0.25, 0.3) is 11.1 Å². The van der Waals surface area contributed by atoms with Gasteiger partial charge in [0.25, 0.3) is 0 Å². The molecule has 1 aromatic heterocycles. The smallest absolute Gasteiger partial charge is 0.349 e. The lowest BCUT2D eigenvalue weighted by molar-refractivity contribution is 0.0732. The summed E-state index contributed by atoms with van der Waals surface area (Å²) in [6.45, 7) is 3.37. The lowest BCUT2D eigenvalue weighted by Gasteiger charge is -2.06. The summed E-state index contributed by atoms with van der Waals surface area (Å²) in [7, 11) is 0. The monoisotopic (exact) mass is 318 g/mol. The van der Waals surface area contributed by atoms with Crippen LogP contribution in [0.5, 0.6) is 5.75 Å². The molecule has 0 amide bonds. The van der Waals surface area contributed by atoms with Crippen LogP contribution in [0.1, 0.15) is 27.4 Å². The van der Waals surface area contributed by atoms with Gasteiger partial charge in [-0.15, -0.1) is 0 Å². The first kappa shape index (κ1) is 15.5. The number of hydrogen-bond donors (Lipinski definition) is 0. The molecule has 0 unspecified atom stereocenters. The molecule has 0 bridgehead atoms. The molecule has 0 radical (unpaired) electrons. The fourth-order valence-corrected chi connectivity index (χ4v) is 2.39. The van der Waals surface area contributed by atoms with Gasteiger partial charge in [-0.05, 0) is 49.2 Å². The normalized spacial score (nSPS) is 10.2. The molecule has 0 aliphatic carbocycles. The highest BCUT2D eigenvalue weighted by molar-refractivity contribution is 5.93. The number of nitrogens with zero attached hydrogens (tertiary/aromatic N) is 2. The maximum absolute atomic E-state index is 12.2. The molecule has 0 aliphatic rings.